The molecule has 0 atom stereocenters. The molecular weight excluding hydrogens is 222 g/mol. The van der Waals surface area contributed by atoms with Gasteiger partial charge in [0.15, 0.2) is 0 Å². The molecule has 80 valence electrons. The number of hydrogen-bond donors (Lipinski definition) is 0. The van der Waals surface area contributed by atoms with E-state index in [0.717, 1.165) is 0 Å². The summed E-state index contributed by atoms with van der Waals surface area (Å²) in [5, 5.41) is 9.87. The van der Waals surface area contributed by atoms with Gasteiger partial charge in [-0.25, -0.2) is 12.1 Å². The predicted molar refractivity (Wildman–Crippen MR) is 50.7 cm³/mol. The molecule has 2 aromatic carbocycles. The van der Waals surface area contributed by atoms with Gasteiger partial charge in [0, 0.05) is 17.1 Å². The fourth-order valence-electron chi connectivity index (χ4n) is 0.806. The maximum atomic E-state index is 9.87. The first-order valence-corrected chi connectivity index (χ1v) is 3.83. The molecule has 0 aliphatic heterocycles. The molecule has 0 heterocycles. The maximum absolute atomic E-state index is 9.87. The Morgan fingerprint density at radius 3 is 1.86 bits per heavy atom. The van der Waals surface area contributed by atoms with Crippen LogP contribution in [0.5, 0.6) is 0 Å². The van der Waals surface area contributed by atoms with Crippen LogP contribution in [0.4, 0.5) is 5.69 Å². The van der Waals surface area contributed by atoms with Gasteiger partial charge < -0.3 is 30.0 Å². The summed E-state index contributed by atoms with van der Waals surface area (Å²) in [6, 6.07) is 16.2. The van der Waals surface area contributed by atoms with E-state index < -0.39 is 4.92 Å². The first-order chi connectivity index (χ1) is 6.30. The number of nitro groups is 1. The van der Waals surface area contributed by atoms with Crippen molar-refractivity contribution < 1.29 is 22.0 Å². The second-order valence-electron chi connectivity index (χ2n) is 2.36. The summed E-state index contributed by atoms with van der Waals surface area (Å²) in [6.45, 7) is 0. The Hall–Kier alpha value is -1.38. The molecule has 0 aliphatic rings. The van der Waals surface area contributed by atoms with Crippen molar-refractivity contribution in [1.29, 1.82) is 0 Å². The van der Waals surface area contributed by atoms with Crippen LogP contribution < -0.4 is 0 Å². The number of rotatable bonds is 1. The normalized spacial score (nSPS) is 8.00. The standard InChI is InChI=1S/C5H4NO2.C5H5.Fe/c7-6(8)5-3-1-2-4-5;1-2-4-5-3-1;/h1-4H;1-5H;/q-5;-1;. The van der Waals surface area contributed by atoms with Crippen LogP contribution in [-0.2, 0) is 17.1 Å². The molecular formula is C10H9FeNO2-6. The van der Waals surface area contributed by atoms with Gasteiger partial charge in [-0.3, -0.25) is 10.1 Å². The molecule has 0 bridgehead atoms. The van der Waals surface area contributed by atoms with Crippen LogP contribution in [-0.4, -0.2) is 4.92 Å². The van der Waals surface area contributed by atoms with Crippen molar-refractivity contribution in [2.45, 2.75) is 0 Å². The summed E-state index contributed by atoms with van der Waals surface area (Å²) in [4.78, 5) is 9.45. The zero-order valence-electron chi connectivity index (χ0n) is 7.31. The van der Waals surface area contributed by atoms with Gasteiger partial charge in [0.05, 0.1) is 0 Å². The van der Waals surface area contributed by atoms with Gasteiger partial charge in [-0.2, -0.15) is 23.1 Å². The molecule has 0 amide bonds. The first kappa shape index (κ1) is 12.6. The Bertz CT molecular complexity index is 310. The van der Waals surface area contributed by atoms with Gasteiger partial charge >= 0.3 is 0 Å². The molecule has 0 spiro atoms. The second-order valence-corrected chi connectivity index (χ2v) is 2.36. The minimum absolute atomic E-state index is 0. The molecule has 0 saturated carbocycles. The van der Waals surface area contributed by atoms with Gasteiger partial charge in [-0.05, 0) is 0 Å². The van der Waals surface area contributed by atoms with Crippen LogP contribution in [0.15, 0.2) is 54.6 Å². The summed E-state index contributed by atoms with van der Waals surface area (Å²) < 4.78 is 0. The third-order valence-electron chi connectivity index (χ3n) is 1.41. The summed E-state index contributed by atoms with van der Waals surface area (Å²) in [6.07, 6.45) is 0. The topological polar surface area (TPSA) is 43.1 Å². The van der Waals surface area contributed by atoms with Crippen molar-refractivity contribution in [2.75, 3.05) is 0 Å². The molecule has 0 fully saturated rings. The third-order valence-corrected chi connectivity index (χ3v) is 1.41. The van der Waals surface area contributed by atoms with E-state index in [2.05, 4.69) is 0 Å². The summed E-state index contributed by atoms with van der Waals surface area (Å²) in [7, 11) is 0. The number of nitrogens with zero attached hydrogens (tertiary/aromatic N) is 1. The minimum Gasteiger partial charge on any atom is -0.743 e. The predicted octanol–water partition coefficient (Wildman–Crippen LogP) is 2.72. The molecule has 0 N–H and O–H groups in total. The molecule has 0 aromatic heterocycles. The summed E-state index contributed by atoms with van der Waals surface area (Å²) >= 11 is 0. The molecule has 0 radical (unpaired) electrons. The van der Waals surface area contributed by atoms with E-state index in [0.29, 0.717) is 0 Å². The largest absolute Gasteiger partial charge is 0.743 e. The van der Waals surface area contributed by atoms with E-state index in [1.165, 1.54) is 12.1 Å². The maximum Gasteiger partial charge on any atom is 0 e. The second kappa shape index (κ2) is 7.06. The Balaban J connectivity index is 0.000000246. The average molecular weight is 231 g/mol. The Labute approximate surface area is 92.7 Å². The van der Waals surface area contributed by atoms with Gasteiger partial charge in [0.2, 0.25) is 0 Å². The van der Waals surface area contributed by atoms with E-state index in [-0.39, 0.29) is 22.8 Å². The van der Waals surface area contributed by atoms with Crippen LogP contribution in [0.2, 0.25) is 0 Å². The number of hydrogen-bond acceptors (Lipinski definition) is 2. The van der Waals surface area contributed by atoms with Crippen molar-refractivity contribution >= 4 is 5.69 Å². The van der Waals surface area contributed by atoms with Gasteiger partial charge in [-0.15, -0.1) is 0 Å². The van der Waals surface area contributed by atoms with Crippen LogP contribution in [0, 0.1) is 10.1 Å². The van der Waals surface area contributed by atoms with Crippen LogP contribution in [0.3, 0.4) is 0 Å². The third kappa shape index (κ3) is 4.60. The summed E-state index contributed by atoms with van der Waals surface area (Å²) in [5.74, 6) is 0. The molecule has 14 heavy (non-hydrogen) atoms. The van der Waals surface area contributed by atoms with Crippen LogP contribution in [0.1, 0.15) is 0 Å². The van der Waals surface area contributed by atoms with Crippen molar-refractivity contribution in [3.8, 4) is 0 Å². The Morgan fingerprint density at radius 1 is 1.14 bits per heavy atom. The molecule has 3 nitrogen and oxygen atoms in total. The molecule has 2 rings (SSSR count). The van der Waals surface area contributed by atoms with Crippen LogP contribution >= 0.6 is 0 Å². The quantitative estimate of drug-likeness (QED) is 0.327. The molecule has 0 aliphatic carbocycles. The van der Waals surface area contributed by atoms with E-state index in [1.807, 2.05) is 30.3 Å². The first-order valence-electron chi connectivity index (χ1n) is 3.83. The fraction of sp³-hybridized carbons (Fsp3) is 0. The van der Waals surface area contributed by atoms with Gasteiger partial charge in [-0.1, -0.05) is 0 Å². The van der Waals surface area contributed by atoms with Crippen molar-refractivity contribution in [1.82, 2.24) is 0 Å². The van der Waals surface area contributed by atoms with E-state index in [4.69, 9.17) is 0 Å². The van der Waals surface area contributed by atoms with Crippen molar-refractivity contribution in [3.05, 3.63) is 64.7 Å². The Kier molecular flexibility index (Phi) is 6.37. The molecule has 0 saturated heterocycles. The van der Waals surface area contributed by atoms with Crippen LogP contribution in [0.25, 0.3) is 0 Å². The minimum atomic E-state index is -0.417. The van der Waals surface area contributed by atoms with E-state index >= 15 is 0 Å². The smallest absolute Gasteiger partial charge is 0 e. The van der Waals surface area contributed by atoms with Gasteiger partial charge in [0.25, 0.3) is 0 Å². The average Bonchev–Trinajstić information content (AvgIpc) is 2.82. The monoisotopic (exact) mass is 231 g/mol. The Morgan fingerprint density at radius 2 is 1.64 bits per heavy atom. The molecule has 0 unspecified atom stereocenters. The zero-order valence-corrected chi connectivity index (χ0v) is 8.42. The molecule has 4 heteroatoms. The van der Waals surface area contributed by atoms with E-state index in [1.54, 1.807) is 12.1 Å². The SMILES string of the molecule is O=[N+]([O-])[c-]1[cH-][cH-][cH-][cH-]1.[Fe].c1cc[cH-]c1. The molecule has 2 aromatic rings. The summed E-state index contributed by atoms with van der Waals surface area (Å²) in [5.41, 5.74) is 0.157. The van der Waals surface area contributed by atoms with Crippen molar-refractivity contribution in [3.63, 3.8) is 0 Å². The van der Waals surface area contributed by atoms with Crippen molar-refractivity contribution in [2.24, 2.45) is 0 Å². The zero-order chi connectivity index (χ0) is 9.52. The fourth-order valence-corrected chi connectivity index (χ4v) is 0.806. The van der Waals surface area contributed by atoms with E-state index in [9.17, 15) is 10.1 Å². The van der Waals surface area contributed by atoms with Gasteiger partial charge in [0.1, 0.15) is 0 Å².